The molecule has 24 heavy (non-hydrogen) atoms. The Bertz CT molecular complexity index is 1010. The van der Waals surface area contributed by atoms with Gasteiger partial charge in [-0.15, -0.1) is 0 Å². The molecule has 3 nitrogen and oxygen atoms in total. The molecule has 1 aromatic heterocycles. The van der Waals surface area contributed by atoms with Crippen molar-refractivity contribution in [3.05, 3.63) is 81.7 Å². The van der Waals surface area contributed by atoms with Gasteiger partial charge in [0.05, 0.1) is 16.7 Å². The highest BCUT2D eigenvalue weighted by atomic mass is 79.9. The van der Waals surface area contributed by atoms with Crippen LogP contribution >= 0.6 is 31.9 Å². The van der Waals surface area contributed by atoms with E-state index >= 15 is 0 Å². The summed E-state index contributed by atoms with van der Waals surface area (Å²) in [6.07, 6.45) is 0. The molecule has 0 aliphatic rings. The topological polar surface area (TPSA) is 29.9 Å². The van der Waals surface area contributed by atoms with Crippen molar-refractivity contribution in [3.8, 4) is 5.69 Å². The Hall–Kier alpha value is -2.11. The third-order valence-electron chi connectivity index (χ3n) is 3.74. The smallest absolute Gasteiger partial charge is 0.213 e. The van der Waals surface area contributed by atoms with E-state index in [4.69, 9.17) is 4.98 Å². The second-order valence-corrected chi connectivity index (χ2v) is 7.12. The highest BCUT2D eigenvalue weighted by Crippen LogP contribution is 2.32. The largest absolute Gasteiger partial charge is 0.325 e. The molecule has 0 bridgehead atoms. The molecule has 4 rings (SSSR count). The van der Waals surface area contributed by atoms with E-state index in [0.29, 0.717) is 0 Å². The van der Waals surface area contributed by atoms with Crippen molar-refractivity contribution in [1.29, 1.82) is 0 Å². The Kier molecular flexibility index (Phi) is 4.12. The molecule has 0 spiro atoms. The van der Waals surface area contributed by atoms with Crippen molar-refractivity contribution in [2.24, 2.45) is 0 Å². The van der Waals surface area contributed by atoms with Gasteiger partial charge < -0.3 is 5.32 Å². The second kappa shape index (κ2) is 6.42. The number of aromatic nitrogens is 2. The van der Waals surface area contributed by atoms with Gasteiger partial charge in [0.1, 0.15) is 0 Å². The van der Waals surface area contributed by atoms with E-state index in [1.54, 1.807) is 0 Å². The van der Waals surface area contributed by atoms with Gasteiger partial charge >= 0.3 is 0 Å². The van der Waals surface area contributed by atoms with E-state index in [2.05, 4.69) is 53.9 Å². The van der Waals surface area contributed by atoms with Crippen LogP contribution in [0.1, 0.15) is 0 Å². The Morgan fingerprint density at radius 2 is 1.58 bits per heavy atom. The summed E-state index contributed by atoms with van der Waals surface area (Å²) in [5, 5.41) is 3.42. The molecule has 0 amide bonds. The highest BCUT2D eigenvalue weighted by molar-refractivity contribution is 9.11. The van der Waals surface area contributed by atoms with Crippen molar-refractivity contribution in [1.82, 2.24) is 9.55 Å². The van der Waals surface area contributed by atoms with Crippen LogP contribution in [-0.4, -0.2) is 9.55 Å². The zero-order chi connectivity index (χ0) is 16.5. The molecular weight excluding hydrogens is 430 g/mol. The molecular formula is C19H13Br2N3. The first-order chi connectivity index (χ1) is 11.7. The predicted molar refractivity (Wildman–Crippen MR) is 106 cm³/mol. The molecule has 0 fully saturated rings. The Morgan fingerprint density at radius 1 is 0.833 bits per heavy atom. The van der Waals surface area contributed by atoms with Crippen LogP contribution in [0.25, 0.3) is 16.7 Å². The lowest BCUT2D eigenvalue weighted by molar-refractivity contribution is 1.09. The maximum absolute atomic E-state index is 4.77. The van der Waals surface area contributed by atoms with Crippen LogP contribution in [0.4, 0.5) is 11.6 Å². The summed E-state index contributed by atoms with van der Waals surface area (Å²) in [5.74, 6) is 0.783. The molecule has 0 unspecified atom stereocenters. The van der Waals surface area contributed by atoms with E-state index in [1.165, 1.54) is 0 Å². The lowest BCUT2D eigenvalue weighted by Gasteiger charge is -2.13. The number of para-hydroxylation sites is 3. The van der Waals surface area contributed by atoms with Crippen LogP contribution in [-0.2, 0) is 0 Å². The molecule has 0 radical (unpaired) electrons. The maximum Gasteiger partial charge on any atom is 0.213 e. The van der Waals surface area contributed by atoms with Crippen LogP contribution in [0, 0.1) is 0 Å². The van der Waals surface area contributed by atoms with Crippen molar-refractivity contribution < 1.29 is 0 Å². The first kappa shape index (κ1) is 15.4. The molecule has 1 N–H and O–H groups in total. The summed E-state index contributed by atoms with van der Waals surface area (Å²) in [6, 6.07) is 24.3. The molecule has 0 atom stereocenters. The fourth-order valence-corrected chi connectivity index (χ4v) is 3.89. The lowest BCUT2D eigenvalue weighted by Crippen LogP contribution is -2.02. The van der Waals surface area contributed by atoms with Crippen LogP contribution in [0.2, 0.25) is 0 Å². The van der Waals surface area contributed by atoms with Gasteiger partial charge in [0.25, 0.3) is 0 Å². The molecule has 0 aliphatic carbocycles. The van der Waals surface area contributed by atoms with Crippen LogP contribution < -0.4 is 5.32 Å². The minimum atomic E-state index is 0.783. The van der Waals surface area contributed by atoms with Gasteiger partial charge in [-0.3, -0.25) is 4.57 Å². The minimum absolute atomic E-state index is 0.783. The summed E-state index contributed by atoms with van der Waals surface area (Å²) < 4.78 is 4.15. The quantitative estimate of drug-likeness (QED) is 0.403. The number of halogens is 2. The van der Waals surface area contributed by atoms with Gasteiger partial charge in [0.15, 0.2) is 0 Å². The third kappa shape index (κ3) is 2.85. The normalized spacial score (nSPS) is 10.9. The maximum atomic E-state index is 4.77. The van der Waals surface area contributed by atoms with Gasteiger partial charge in [-0.25, -0.2) is 4.98 Å². The van der Waals surface area contributed by atoms with Gasteiger partial charge in [-0.1, -0.05) is 46.3 Å². The molecule has 5 heteroatoms. The molecule has 118 valence electrons. The average Bonchev–Trinajstić information content (AvgIpc) is 2.94. The Morgan fingerprint density at radius 3 is 2.38 bits per heavy atom. The summed E-state index contributed by atoms with van der Waals surface area (Å²) in [5.41, 5.74) is 4.04. The molecule has 3 aromatic carbocycles. The van der Waals surface area contributed by atoms with Crippen molar-refractivity contribution in [2.75, 3.05) is 5.32 Å². The number of anilines is 2. The van der Waals surface area contributed by atoms with E-state index in [1.807, 2.05) is 60.7 Å². The third-order valence-corrected chi connectivity index (χ3v) is 4.87. The molecule has 0 saturated carbocycles. The van der Waals surface area contributed by atoms with Crippen molar-refractivity contribution >= 4 is 54.5 Å². The van der Waals surface area contributed by atoms with Crippen LogP contribution in [0.15, 0.2) is 81.7 Å². The number of hydrogen-bond donors (Lipinski definition) is 1. The van der Waals surface area contributed by atoms with Gasteiger partial charge in [0.2, 0.25) is 5.95 Å². The number of fused-ring (bicyclic) bond motifs is 1. The molecule has 1 heterocycles. The van der Waals surface area contributed by atoms with E-state index in [-0.39, 0.29) is 0 Å². The number of benzene rings is 3. The minimum Gasteiger partial charge on any atom is -0.325 e. The number of hydrogen-bond acceptors (Lipinski definition) is 2. The standard InChI is InChI=1S/C19H13Br2N3/c20-13-10-11-17(15(21)12-13)24-18-9-5-4-8-16(18)23-19(24)22-14-6-2-1-3-7-14/h1-12H,(H,22,23). The average molecular weight is 443 g/mol. The summed E-state index contributed by atoms with van der Waals surface area (Å²) in [7, 11) is 0. The molecule has 0 aliphatic heterocycles. The number of nitrogens with zero attached hydrogens (tertiary/aromatic N) is 2. The highest BCUT2D eigenvalue weighted by Gasteiger charge is 2.14. The van der Waals surface area contributed by atoms with Crippen LogP contribution in [0.5, 0.6) is 0 Å². The zero-order valence-corrected chi connectivity index (χ0v) is 15.8. The van der Waals surface area contributed by atoms with Gasteiger partial charge in [-0.2, -0.15) is 0 Å². The van der Waals surface area contributed by atoms with Crippen molar-refractivity contribution in [3.63, 3.8) is 0 Å². The van der Waals surface area contributed by atoms with Gasteiger partial charge in [0, 0.05) is 14.6 Å². The zero-order valence-electron chi connectivity index (χ0n) is 12.6. The second-order valence-electron chi connectivity index (χ2n) is 5.35. The fourth-order valence-electron chi connectivity index (χ4n) is 2.67. The first-order valence-electron chi connectivity index (χ1n) is 7.47. The summed E-state index contributed by atoms with van der Waals surface area (Å²) in [4.78, 5) is 4.77. The number of nitrogens with one attached hydrogen (secondary N) is 1. The van der Waals surface area contributed by atoms with Gasteiger partial charge in [-0.05, 0) is 58.4 Å². The first-order valence-corrected chi connectivity index (χ1v) is 9.06. The Labute approximate surface area is 156 Å². The lowest BCUT2D eigenvalue weighted by atomic mass is 10.3. The SMILES string of the molecule is Brc1ccc(-n2c(Nc3ccccc3)nc3ccccc32)c(Br)c1. The number of rotatable bonds is 3. The summed E-state index contributed by atoms with van der Waals surface area (Å²) >= 11 is 7.18. The molecule has 4 aromatic rings. The monoisotopic (exact) mass is 441 g/mol. The predicted octanol–water partition coefficient (Wildman–Crippen LogP) is 6.29. The van der Waals surface area contributed by atoms with Crippen LogP contribution in [0.3, 0.4) is 0 Å². The van der Waals surface area contributed by atoms with E-state index < -0.39 is 0 Å². The molecule has 0 saturated heterocycles. The number of imidazole rings is 1. The fraction of sp³-hybridized carbons (Fsp3) is 0. The van der Waals surface area contributed by atoms with Crippen molar-refractivity contribution in [2.45, 2.75) is 0 Å². The Balaban J connectivity index is 1.93. The summed E-state index contributed by atoms with van der Waals surface area (Å²) in [6.45, 7) is 0. The van der Waals surface area contributed by atoms with E-state index in [9.17, 15) is 0 Å². The van der Waals surface area contributed by atoms with E-state index in [0.717, 1.165) is 37.3 Å².